The second-order valence-corrected chi connectivity index (χ2v) is 5.55. The van der Waals surface area contributed by atoms with Crippen molar-refractivity contribution < 1.29 is 4.92 Å². The minimum atomic E-state index is -0.436. The summed E-state index contributed by atoms with van der Waals surface area (Å²) in [4.78, 5) is 12.7. The molecule has 0 spiro atoms. The highest BCUT2D eigenvalue weighted by Crippen LogP contribution is 2.28. The van der Waals surface area contributed by atoms with Crippen LogP contribution in [-0.4, -0.2) is 35.0 Å². The SMILES string of the molecule is C[C@@H]1CN(Cc2cccc([N+](=O)[O-])c2Cl)C[C@H](C)N1. The standard InChI is InChI=1S/C13H18ClN3O2/c1-9-6-16(7-10(2)15-9)8-11-4-3-5-12(13(11)14)17(18)19/h3-5,9-10,15H,6-8H2,1-2H3/t9-,10+. The van der Waals surface area contributed by atoms with E-state index in [4.69, 9.17) is 11.6 Å². The van der Waals surface area contributed by atoms with E-state index in [9.17, 15) is 10.1 Å². The molecule has 1 fully saturated rings. The summed E-state index contributed by atoms with van der Waals surface area (Å²) >= 11 is 6.11. The number of rotatable bonds is 3. The Balaban J connectivity index is 2.15. The normalized spacial score (nSPS) is 24.4. The average Bonchev–Trinajstić information content (AvgIpc) is 2.30. The molecule has 0 amide bonds. The van der Waals surface area contributed by atoms with Gasteiger partial charge in [0, 0.05) is 37.8 Å². The van der Waals surface area contributed by atoms with Crippen LogP contribution in [0.1, 0.15) is 19.4 Å². The Morgan fingerprint density at radius 2 is 2.05 bits per heavy atom. The Morgan fingerprint density at radius 1 is 1.42 bits per heavy atom. The summed E-state index contributed by atoms with van der Waals surface area (Å²) in [5.41, 5.74) is 0.799. The number of nitro groups is 1. The van der Waals surface area contributed by atoms with Gasteiger partial charge < -0.3 is 5.32 Å². The number of nitro benzene ring substituents is 1. The van der Waals surface area contributed by atoms with Gasteiger partial charge in [-0.05, 0) is 19.4 Å². The van der Waals surface area contributed by atoms with Gasteiger partial charge >= 0.3 is 0 Å². The fourth-order valence-electron chi connectivity index (χ4n) is 2.64. The Bertz CT molecular complexity index is 471. The third-order valence-corrected chi connectivity index (χ3v) is 3.72. The van der Waals surface area contributed by atoms with Gasteiger partial charge in [-0.25, -0.2) is 0 Å². The fraction of sp³-hybridized carbons (Fsp3) is 0.538. The lowest BCUT2D eigenvalue weighted by Gasteiger charge is -2.36. The van der Waals surface area contributed by atoms with Gasteiger partial charge in [-0.15, -0.1) is 0 Å². The van der Waals surface area contributed by atoms with Crippen molar-refractivity contribution in [2.75, 3.05) is 13.1 Å². The summed E-state index contributed by atoms with van der Waals surface area (Å²) in [7, 11) is 0. The molecule has 0 aromatic heterocycles. The minimum Gasteiger partial charge on any atom is -0.309 e. The molecule has 2 atom stereocenters. The second-order valence-electron chi connectivity index (χ2n) is 5.17. The smallest absolute Gasteiger partial charge is 0.288 e. The Kier molecular flexibility index (Phi) is 4.39. The molecule has 1 aromatic carbocycles. The number of benzene rings is 1. The van der Waals surface area contributed by atoms with Crippen molar-refractivity contribution >= 4 is 17.3 Å². The summed E-state index contributed by atoms with van der Waals surface area (Å²) in [6, 6.07) is 5.82. The molecular weight excluding hydrogens is 266 g/mol. The first kappa shape index (κ1) is 14.2. The van der Waals surface area contributed by atoms with Crippen molar-refractivity contribution in [1.29, 1.82) is 0 Å². The van der Waals surface area contributed by atoms with Crippen LogP contribution in [0.2, 0.25) is 5.02 Å². The summed E-state index contributed by atoms with van der Waals surface area (Å²) in [6.45, 7) is 6.76. The van der Waals surface area contributed by atoms with Crippen molar-refractivity contribution in [3.63, 3.8) is 0 Å². The molecule has 1 aliphatic rings. The van der Waals surface area contributed by atoms with Crippen LogP contribution >= 0.6 is 11.6 Å². The molecule has 0 bridgehead atoms. The van der Waals surface area contributed by atoms with Crippen molar-refractivity contribution in [1.82, 2.24) is 10.2 Å². The van der Waals surface area contributed by atoms with Gasteiger partial charge in [-0.2, -0.15) is 0 Å². The van der Waals surface area contributed by atoms with Crippen LogP contribution in [-0.2, 0) is 6.54 Å². The molecule has 0 saturated carbocycles. The highest BCUT2D eigenvalue weighted by Gasteiger charge is 2.23. The van der Waals surface area contributed by atoms with Crippen LogP contribution in [0.15, 0.2) is 18.2 Å². The zero-order chi connectivity index (χ0) is 14.0. The second kappa shape index (κ2) is 5.86. The molecule has 2 rings (SSSR count). The maximum Gasteiger partial charge on any atom is 0.288 e. The van der Waals surface area contributed by atoms with Crippen LogP contribution in [0.5, 0.6) is 0 Å². The Labute approximate surface area is 117 Å². The summed E-state index contributed by atoms with van der Waals surface area (Å²) in [5.74, 6) is 0. The van der Waals surface area contributed by atoms with Gasteiger partial charge in [0.25, 0.3) is 5.69 Å². The molecule has 0 unspecified atom stereocenters. The summed E-state index contributed by atoms with van der Waals surface area (Å²) in [5, 5.41) is 14.6. The number of hydrogen-bond donors (Lipinski definition) is 1. The monoisotopic (exact) mass is 283 g/mol. The topological polar surface area (TPSA) is 58.4 Å². The first-order chi connectivity index (χ1) is 8.97. The lowest BCUT2D eigenvalue weighted by Crippen LogP contribution is -2.53. The van der Waals surface area contributed by atoms with Crippen LogP contribution in [0.4, 0.5) is 5.69 Å². The van der Waals surface area contributed by atoms with Crippen LogP contribution < -0.4 is 5.32 Å². The summed E-state index contributed by atoms with van der Waals surface area (Å²) < 4.78 is 0. The predicted molar refractivity (Wildman–Crippen MR) is 75.4 cm³/mol. The number of piperazine rings is 1. The molecule has 1 saturated heterocycles. The lowest BCUT2D eigenvalue weighted by molar-refractivity contribution is -0.384. The molecular formula is C13H18ClN3O2. The third-order valence-electron chi connectivity index (χ3n) is 3.28. The quantitative estimate of drug-likeness (QED) is 0.684. The molecule has 1 heterocycles. The number of halogens is 1. The molecule has 19 heavy (non-hydrogen) atoms. The van der Waals surface area contributed by atoms with Crippen molar-refractivity contribution in [3.05, 3.63) is 38.9 Å². The lowest BCUT2D eigenvalue weighted by atomic mass is 10.1. The first-order valence-corrected chi connectivity index (χ1v) is 6.75. The van der Waals surface area contributed by atoms with Gasteiger partial charge in [0.15, 0.2) is 0 Å². The Hall–Kier alpha value is -1.17. The van der Waals surface area contributed by atoms with Crippen molar-refractivity contribution in [2.24, 2.45) is 0 Å². The minimum absolute atomic E-state index is 0.0181. The van der Waals surface area contributed by atoms with Crippen molar-refractivity contribution in [3.8, 4) is 0 Å². The number of hydrogen-bond acceptors (Lipinski definition) is 4. The molecule has 0 radical (unpaired) electrons. The molecule has 1 aromatic rings. The van der Waals surface area contributed by atoms with Crippen LogP contribution in [0.25, 0.3) is 0 Å². The predicted octanol–water partition coefficient (Wildman–Crippen LogP) is 2.43. The summed E-state index contributed by atoms with van der Waals surface area (Å²) in [6.07, 6.45) is 0. The maximum absolute atomic E-state index is 10.9. The highest BCUT2D eigenvalue weighted by molar-refractivity contribution is 6.33. The molecule has 0 aliphatic carbocycles. The van der Waals surface area contributed by atoms with Gasteiger partial charge in [-0.3, -0.25) is 15.0 Å². The maximum atomic E-state index is 10.9. The van der Waals surface area contributed by atoms with E-state index in [1.54, 1.807) is 6.07 Å². The van der Waals surface area contributed by atoms with E-state index >= 15 is 0 Å². The number of nitrogens with zero attached hydrogens (tertiary/aromatic N) is 2. The van der Waals surface area contributed by atoms with E-state index in [0.29, 0.717) is 18.6 Å². The Morgan fingerprint density at radius 3 is 2.63 bits per heavy atom. The highest BCUT2D eigenvalue weighted by atomic mass is 35.5. The van der Waals surface area contributed by atoms with Crippen LogP contribution in [0.3, 0.4) is 0 Å². The first-order valence-electron chi connectivity index (χ1n) is 6.37. The fourth-order valence-corrected chi connectivity index (χ4v) is 2.89. The largest absolute Gasteiger partial charge is 0.309 e. The van der Waals surface area contributed by atoms with E-state index in [-0.39, 0.29) is 10.7 Å². The van der Waals surface area contributed by atoms with E-state index in [1.807, 2.05) is 6.07 Å². The van der Waals surface area contributed by atoms with Crippen molar-refractivity contribution in [2.45, 2.75) is 32.5 Å². The van der Waals surface area contributed by atoms with Gasteiger partial charge in [0.2, 0.25) is 0 Å². The zero-order valence-electron chi connectivity index (χ0n) is 11.1. The molecule has 5 nitrogen and oxygen atoms in total. The molecule has 6 heteroatoms. The molecule has 1 aliphatic heterocycles. The average molecular weight is 284 g/mol. The van der Waals surface area contributed by atoms with E-state index in [1.165, 1.54) is 6.07 Å². The van der Waals surface area contributed by atoms with Gasteiger partial charge in [0.05, 0.1) is 4.92 Å². The molecule has 104 valence electrons. The molecule has 1 N–H and O–H groups in total. The van der Waals surface area contributed by atoms with Gasteiger partial charge in [0.1, 0.15) is 5.02 Å². The van der Waals surface area contributed by atoms with E-state index < -0.39 is 4.92 Å². The zero-order valence-corrected chi connectivity index (χ0v) is 11.9. The number of nitrogens with one attached hydrogen (secondary N) is 1. The van der Waals surface area contributed by atoms with E-state index in [0.717, 1.165) is 18.7 Å². The van der Waals surface area contributed by atoms with Crippen LogP contribution in [0, 0.1) is 10.1 Å². The van der Waals surface area contributed by atoms with E-state index in [2.05, 4.69) is 24.1 Å². The third kappa shape index (κ3) is 3.43. The van der Waals surface area contributed by atoms with Gasteiger partial charge in [-0.1, -0.05) is 23.7 Å².